The predicted octanol–water partition coefficient (Wildman–Crippen LogP) is 4.60. The van der Waals surface area contributed by atoms with Crippen LogP contribution in [0.15, 0.2) is 27.8 Å². The highest BCUT2D eigenvalue weighted by atomic mass is 79.9. The topological polar surface area (TPSA) is 61.7 Å². The van der Waals surface area contributed by atoms with Gasteiger partial charge >= 0.3 is 0 Å². The number of hydrazone groups is 1. The first kappa shape index (κ1) is 17.1. The molecule has 1 amide bonds. The van der Waals surface area contributed by atoms with Crippen LogP contribution in [0.4, 0.5) is 0 Å². The summed E-state index contributed by atoms with van der Waals surface area (Å²) in [7, 11) is 0. The number of phenolic OH excluding ortho intramolecular Hbond substituents is 1. The van der Waals surface area contributed by atoms with Gasteiger partial charge in [-0.3, -0.25) is 4.79 Å². The minimum atomic E-state index is -0.240. The maximum atomic E-state index is 13.0. The standard InChI is InChI=1S/C20H25BrN2O2/c1-18-6-14-7-19(2,10-18)12-20(8-14,11-18)17(25)23-22-9-13-3-4-16(24)15(21)5-13/h3-5,9,14,24H,6-8,10-12H2,1-2H3,(H,23,25)/b22-9+. The van der Waals surface area contributed by atoms with Crippen LogP contribution in [0.1, 0.15) is 57.9 Å². The number of hydrogen-bond donors (Lipinski definition) is 2. The number of phenols is 1. The fourth-order valence-electron chi connectivity index (χ4n) is 6.59. The first-order chi connectivity index (χ1) is 11.7. The number of aromatic hydroxyl groups is 1. The van der Waals surface area contributed by atoms with E-state index in [-0.39, 0.29) is 17.1 Å². The van der Waals surface area contributed by atoms with Crippen LogP contribution in [0.2, 0.25) is 0 Å². The minimum Gasteiger partial charge on any atom is -0.507 e. The third-order valence-electron chi connectivity index (χ3n) is 6.46. The van der Waals surface area contributed by atoms with E-state index >= 15 is 0 Å². The Morgan fingerprint density at radius 1 is 1.24 bits per heavy atom. The van der Waals surface area contributed by atoms with Gasteiger partial charge in [-0.25, -0.2) is 5.43 Å². The van der Waals surface area contributed by atoms with Crippen LogP contribution < -0.4 is 5.43 Å². The number of rotatable bonds is 3. The molecule has 0 radical (unpaired) electrons. The Morgan fingerprint density at radius 3 is 2.52 bits per heavy atom. The van der Waals surface area contributed by atoms with Gasteiger partial charge < -0.3 is 5.11 Å². The van der Waals surface area contributed by atoms with Gasteiger partial charge in [-0.1, -0.05) is 13.8 Å². The van der Waals surface area contributed by atoms with E-state index < -0.39 is 0 Å². The second kappa shape index (κ2) is 5.57. The molecule has 2 unspecified atom stereocenters. The van der Waals surface area contributed by atoms with E-state index in [1.807, 2.05) is 0 Å². The van der Waals surface area contributed by atoms with Crippen LogP contribution in [0.3, 0.4) is 0 Å². The Bertz CT molecular complexity index is 742. The van der Waals surface area contributed by atoms with Gasteiger partial charge in [0.25, 0.3) is 0 Å². The van der Waals surface area contributed by atoms with Crippen molar-refractivity contribution < 1.29 is 9.90 Å². The van der Waals surface area contributed by atoms with E-state index in [1.54, 1.807) is 24.4 Å². The highest BCUT2D eigenvalue weighted by Gasteiger charge is 2.62. The van der Waals surface area contributed by atoms with E-state index in [9.17, 15) is 9.90 Å². The van der Waals surface area contributed by atoms with E-state index in [1.165, 1.54) is 19.3 Å². The lowest BCUT2D eigenvalue weighted by Gasteiger charge is -2.64. The van der Waals surface area contributed by atoms with Crippen molar-refractivity contribution in [1.82, 2.24) is 5.43 Å². The third-order valence-corrected chi connectivity index (χ3v) is 7.09. The largest absolute Gasteiger partial charge is 0.507 e. The molecule has 0 heterocycles. The van der Waals surface area contributed by atoms with Gasteiger partial charge in [0.05, 0.1) is 16.1 Å². The highest BCUT2D eigenvalue weighted by molar-refractivity contribution is 9.10. The first-order valence-corrected chi connectivity index (χ1v) is 9.82. The van der Waals surface area contributed by atoms with Gasteiger partial charge in [0.1, 0.15) is 5.75 Å². The Hall–Kier alpha value is -1.36. The molecule has 0 spiro atoms. The normalized spacial score (nSPS) is 39.1. The summed E-state index contributed by atoms with van der Waals surface area (Å²) in [6.07, 6.45) is 8.47. The molecule has 4 fully saturated rings. The number of carbonyl (C=O) groups excluding carboxylic acids is 1. The zero-order valence-electron chi connectivity index (χ0n) is 14.8. The molecule has 4 nitrogen and oxygen atoms in total. The molecular weight excluding hydrogens is 380 g/mol. The Labute approximate surface area is 157 Å². The van der Waals surface area contributed by atoms with Crippen molar-refractivity contribution in [2.24, 2.45) is 27.3 Å². The summed E-state index contributed by atoms with van der Waals surface area (Å²) in [6, 6.07) is 5.15. The van der Waals surface area contributed by atoms with E-state index in [0.29, 0.717) is 21.2 Å². The van der Waals surface area contributed by atoms with Crippen molar-refractivity contribution in [1.29, 1.82) is 0 Å². The Morgan fingerprint density at radius 2 is 1.92 bits per heavy atom. The van der Waals surface area contributed by atoms with Crippen molar-refractivity contribution in [2.45, 2.75) is 52.4 Å². The molecular formula is C20H25BrN2O2. The Balaban J connectivity index is 1.49. The number of amides is 1. The summed E-state index contributed by atoms with van der Waals surface area (Å²) in [4.78, 5) is 13.0. The van der Waals surface area contributed by atoms with Gasteiger partial charge in [0.15, 0.2) is 0 Å². The summed E-state index contributed by atoms with van der Waals surface area (Å²) in [5.74, 6) is 0.966. The first-order valence-electron chi connectivity index (χ1n) is 9.03. The van der Waals surface area contributed by atoms with Crippen molar-refractivity contribution in [3.05, 3.63) is 28.2 Å². The maximum Gasteiger partial charge on any atom is 0.246 e. The van der Waals surface area contributed by atoms with Crippen molar-refractivity contribution in [3.8, 4) is 5.75 Å². The van der Waals surface area contributed by atoms with Gasteiger partial charge in [-0.2, -0.15) is 5.10 Å². The summed E-state index contributed by atoms with van der Waals surface area (Å²) in [5, 5.41) is 13.7. The quantitative estimate of drug-likeness (QED) is 0.570. The fourth-order valence-corrected chi connectivity index (χ4v) is 6.98. The molecule has 0 aromatic heterocycles. The van der Waals surface area contributed by atoms with Crippen molar-refractivity contribution in [2.75, 3.05) is 0 Å². The van der Waals surface area contributed by atoms with Gasteiger partial charge in [-0.05, 0) is 95.0 Å². The lowest BCUT2D eigenvalue weighted by molar-refractivity contribution is -0.170. The second-order valence-electron chi connectivity index (χ2n) is 9.32. The number of hydrogen-bond acceptors (Lipinski definition) is 3. The number of nitrogens with one attached hydrogen (secondary N) is 1. The fraction of sp³-hybridized carbons (Fsp3) is 0.600. The molecule has 2 atom stereocenters. The molecule has 2 N–H and O–H groups in total. The maximum absolute atomic E-state index is 13.0. The lowest BCUT2D eigenvalue weighted by atomic mass is 9.40. The van der Waals surface area contributed by atoms with E-state index in [0.717, 1.165) is 24.8 Å². The van der Waals surface area contributed by atoms with Crippen LogP contribution >= 0.6 is 15.9 Å². The monoisotopic (exact) mass is 404 g/mol. The van der Waals surface area contributed by atoms with Crippen LogP contribution in [0.5, 0.6) is 5.75 Å². The third kappa shape index (κ3) is 3.01. The highest BCUT2D eigenvalue weighted by Crippen LogP contribution is 2.69. The van der Waals surface area contributed by atoms with Crippen molar-refractivity contribution in [3.63, 3.8) is 0 Å². The molecule has 5 heteroatoms. The van der Waals surface area contributed by atoms with E-state index in [4.69, 9.17) is 0 Å². The molecule has 4 saturated carbocycles. The number of halogens is 1. The molecule has 5 rings (SSSR count). The molecule has 4 bridgehead atoms. The average Bonchev–Trinajstić information content (AvgIpc) is 2.47. The van der Waals surface area contributed by atoms with Crippen LogP contribution in [0, 0.1) is 22.2 Å². The average molecular weight is 405 g/mol. The molecule has 25 heavy (non-hydrogen) atoms. The van der Waals surface area contributed by atoms with Gasteiger partial charge in [0.2, 0.25) is 5.91 Å². The van der Waals surface area contributed by atoms with E-state index in [2.05, 4.69) is 40.3 Å². The zero-order valence-corrected chi connectivity index (χ0v) is 16.4. The molecule has 1 aromatic rings. The molecule has 4 aliphatic carbocycles. The molecule has 4 aliphatic rings. The summed E-state index contributed by atoms with van der Waals surface area (Å²) in [5.41, 5.74) is 4.03. The number of nitrogens with zero attached hydrogens (tertiary/aromatic N) is 1. The SMILES string of the molecule is CC12CC3CC(C)(C1)CC(C(=O)N/N=C/c1ccc(O)c(Br)c1)(C3)C2. The minimum absolute atomic E-state index is 0.0862. The lowest BCUT2D eigenvalue weighted by Crippen LogP contribution is -2.59. The number of benzene rings is 1. The van der Waals surface area contributed by atoms with Crippen LogP contribution in [-0.2, 0) is 4.79 Å². The zero-order chi connectivity index (χ0) is 17.9. The molecule has 0 aliphatic heterocycles. The smallest absolute Gasteiger partial charge is 0.246 e. The predicted molar refractivity (Wildman–Crippen MR) is 101 cm³/mol. The number of carbonyl (C=O) groups is 1. The molecule has 1 aromatic carbocycles. The summed E-state index contributed by atoms with van der Waals surface area (Å²) >= 11 is 3.29. The molecule has 0 saturated heterocycles. The summed E-state index contributed by atoms with van der Waals surface area (Å²) < 4.78 is 0.615. The van der Waals surface area contributed by atoms with Gasteiger partial charge in [0, 0.05) is 0 Å². The summed E-state index contributed by atoms with van der Waals surface area (Å²) in [6.45, 7) is 4.74. The van der Waals surface area contributed by atoms with Gasteiger partial charge in [-0.15, -0.1) is 0 Å². The Kier molecular flexibility index (Phi) is 3.80. The second-order valence-corrected chi connectivity index (χ2v) is 10.2. The van der Waals surface area contributed by atoms with Crippen LogP contribution in [-0.4, -0.2) is 17.2 Å². The van der Waals surface area contributed by atoms with Crippen LogP contribution in [0.25, 0.3) is 0 Å². The molecule has 134 valence electrons. The van der Waals surface area contributed by atoms with Crippen molar-refractivity contribution >= 4 is 28.1 Å².